The summed E-state index contributed by atoms with van der Waals surface area (Å²) in [5, 5.41) is 12.7. The highest BCUT2D eigenvalue weighted by Crippen LogP contribution is 2.16. The van der Waals surface area contributed by atoms with E-state index in [1.165, 1.54) is 0 Å². The quantitative estimate of drug-likeness (QED) is 0.476. The predicted octanol–water partition coefficient (Wildman–Crippen LogP) is 2.87. The van der Waals surface area contributed by atoms with E-state index in [0.29, 0.717) is 13.2 Å². The molecule has 0 spiro atoms. The highest BCUT2D eigenvalue weighted by Gasteiger charge is 2.09. The lowest BCUT2D eigenvalue weighted by Gasteiger charge is -2.06. The fraction of sp³-hybridized carbons (Fsp3) is 0.294. The largest absolute Gasteiger partial charge is 0.493 e. The molecule has 0 amide bonds. The zero-order valence-electron chi connectivity index (χ0n) is 13.5. The first-order valence-corrected chi connectivity index (χ1v) is 8.72. The van der Waals surface area contributed by atoms with Crippen molar-refractivity contribution in [3.63, 3.8) is 0 Å². The molecule has 126 valence electrons. The Morgan fingerprint density at radius 2 is 2.04 bits per heavy atom. The molecule has 0 radical (unpaired) electrons. The average molecular weight is 344 g/mol. The lowest BCUT2D eigenvalue weighted by molar-refractivity contribution is 0.344. The highest BCUT2D eigenvalue weighted by atomic mass is 32.2. The van der Waals surface area contributed by atoms with Gasteiger partial charge in [-0.2, -0.15) is 0 Å². The van der Waals surface area contributed by atoms with Gasteiger partial charge in [-0.05, 0) is 18.2 Å². The number of hydrogen-bond acceptors (Lipinski definition) is 6. The minimum absolute atomic E-state index is 0.635. The molecule has 6 nitrogen and oxygen atoms in total. The Hall–Kier alpha value is -2.25. The van der Waals surface area contributed by atoms with Crippen LogP contribution in [0.5, 0.6) is 5.75 Å². The Balaban J connectivity index is 1.41. The summed E-state index contributed by atoms with van der Waals surface area (Å²) >= 11 is 1.64. The van der Waals surface area contributed by atoms with Crippen LogP contribution in [0.4, 0.5) is 0 Å². The van der Waals surface area contributed by atoms with Crippen LogP contribution in [0.15, 0.2) is 58.5 Å². The summed E-state index contributed by atoms with van der Waals surface area (Å²) in [5.41, 5.74) is 1.12. The van der Waals surface area contributed by atoms with Crippen LogP contribution >= 0.6 is 11.8 Å². The topological polar surface area (TPSA) is 65.1 Å². The zero-order chi connectivity index (χ0) is 16.6. The molecular weight excluding hydrogens is 324 g/mol. The normalized spacial score (nSPS) is 10.9. The van der Waals surface area contributed by atoms with E-state index in [4.69, 9.17) is 9.15 Å². The number of aromatic nitrogens is 3. The van der Waals surface area contributed by atoms with Crippen LogP contribution in [-0.4, -0.2) is 27.1 Å². The fourth-order valence-electron chi connectivity index (χ4n) is 2.15. The Bertz CT molecular complexity index is 728. The number of rotatable bonds is 9. The third-order valence-electron chi connectivity index (χ3n) is 3.44. The molecule has 0 fully saturated rings. The third-order valence-corrected chi connectivity index (χ3v) is 4.43. The van der Waals surface area contributed by atoms with E-state index in [1.807, 2.05) is 48.0 Å². The molecule has 2 aromatic heterocycles. The number of furan rings is 1. The molecule has 3 aromatic rings. The van der Waals surface area contributed by atoms with Gasteiger partial charge in [0.2, 0.25) is 0 Å². The Morgan fingerprint density at radius 3 is 2.83 bits per heavy atom. The third kappa shape index (κ3) is 4.62. The summed E-state index contributed by atoms with van der Waals surface area (Å²) < 4.78 is 12.7. The highest BCUT2D eigenvalue weighted by molar-refractivity contribution is 7.99. The average Bonchev–Trinajstić information content (AvgIpc) is 3.24. The van der Waals surface area contributed by atoms with E-state index in [9.17, 15) is 0 Å². The predicted molar refractivity (Wildman–Crippen MR) is 92.9 cm³/mol. The zero-order valence-corrected chi connectivity index (χ0v) is 14.3. The van der Waals surface area contributed by atoms with Gasteiger partial charge in [0.15, 0.2) is 5.16 Å². The lowest BCUT2D eigenvalue weighted by atomic mass is 10.3. The summed E-state index contributed by atoms with van der Waals surface area (Å²) in [6, 6.07) is 11.8. The number of nitrogens with zero attached hydrogens (tertiary/aromatic N) is 3. The Labute approximate surface area is 145 Å². The Kier molecular flexibility index (Phi) is 5.92. The SMILES string of the molecule is Cn1c(CNCc2ccoc2)nnc1SCCOc1ccccc1. The van der Waals surface area contributed by atoms with Crippen LogP contribution in [0.1, 0.15) is 11.4 Å². The summed E-state index contributed by atoms with van der Waals surface area (Å²) in [6.07, 6.45) is 3.41. The molecule has 0 saturated heterocycles. The molecule has 0 saturated carbocycles. The number of thioether (sulfide) groups is 1. The number of ether oxygens (including phenoxy) is 1. The van der Waals surface area contributed by atoms with Gasteiger partial charge in [-0.3, -0.25) is 0 Å². The van der Waals surface area contributed by atoms with E-state index >= 15 is 0 Å². The minimum Gasteiger partial charge on any atom is -0.493 e. The summed E-state index contributed by atoms with van der Waals surface area (Å²) in [4.78, 5) is 0. The van der Waals surface area contributed by atoms with Crippen molar-refractivity contribution in [2.45, 2.75) is 18.2 Å². The maximum Gasteiger partial charge on any atom is 0.191 e. The second kappa shape index (κ2) is 8.56. The van der Waals surface area contributed by atoms with Gasteiger partial charge in [0, 0.05) is 24.9 Å². The Morgan fingerprint density at radius 1 is 1.17 bits per heavy atom. The van der Waals surface area contributed by atoms with Crippen molar-refractivity contribution in [1.82, 2.24) is 20.1 Å². The lowest BCUT2D eigenvalue weighted by Crippen LogP contribution is -2.15. The van der Waals surface area contributed by atoms with E-state index in [-0.39, 0.29) is 0 Å². The standard InChI is InChI=1S/C17H20N4O2S/c1-21-16(12-18-11-14-7-8-22-13-14)19-20-17(21)24-10-9-23-15-5-3-2-4-6-15/h2-8,13,18H,9-12H2,1H3. The van der Waals surface area contributed by atoms with E-state index < -0.39 is 0 Å². The van der Waals surface area contributed by atoms with Crippen molar-refractivity contribution < 1.29 is 9.15 Å². The monoisotopic (exact) mass is 344 g/mol. The van der Waals surface area contributed by atoms with Crippen molar-refractivity contribution in [2.24, 2.45) is 7.05 Å². The van der Waals surface area contributed by atoms with E-state index in [2.05, 4.69) is 15.5 Å². The molecule has 0 unspecified atom stereocenters. The number of para-hydroxylation sites is 1. The molecule has 0 aliphatic heterocycles. The molecular formula is C17H20N4O2S. The first-order valence-electron chi connectivity index (χ1n) is 7.73. The fourth-order valence-corrected chi connectivity index (χ4v) is 2.89. The van der Waals surface area contributed by atoms with Gasteiger partial charge in [0.1, 0.15) is 11.6 Å². The second-order valence-electron chi connectivity index (χ2n) is 5.20. The van der Waals surface area contributed by atoms with Crippen molar-refractivity contribution in [2.75, 3.05) is 12.4 Å². The van der Waals surface area contributed by atoms with Crippen LogP contribution in [0.3, 0.4) is 0 Å². The van der Waals surface area contributed by atoms with Crippen molar-refractivity contribution >= 4 is 11.8 Å². The molecule has 2 heterocycles. The number of nitrogens with one attached hydrogen (secondary N) is 1. The summed E-state index contributed by atoms with van der Waals surface area (Å²) in [7, 11) is 1.98. The second-order valence-corrected chi connectivity index (χ2v) is 6.27. The number of benzene rings is 1. The van der Waals surface area contributed by atoms with Crippen LogP contribution in [-0.2, 0) is 20.1 Å². The van der Waals surface area contributed by atoms with Crippen LogP contribution in [0.2, 0.25) is 0 Å². The molecule has 0 bridgehead atoms. The minimum atomic E-state index is 0.635. The number of hydrogen-bond donors (Lipinski definition) is 1. The van der Waals surface area contributed by atoms with Gasteiger partial charge in [-0.1, -0.05) is 30.0 Å². The molecule has 1 N–H and O–H groups in total. The first-order chi connectivity index (χ1) is 11.8. The maximum absolute atomic E-state index is 5.68. The van der Waals surface area contributed by atoms with Crippen LogP contribution in [0, 0.1) is 0 Å². The van der Waals surface area contributed by atoms with E-state index in [0.717, 1.165) is 34.6 Å². The van der Waals surface area contributed by atoms with Gasteiger partial charge in [-0.25, -0.2) is 0 Å². The van der Waals surface area contributed by atoms with Gasteiger partial charge < -0.3 is 19.0 Å². The van der Waals surface area contributed by atoms with Gasteiger partial charge in [0.05, 0.1) is 25.7 Å². The van der Waals surface area contributed by atoms with Crippen molar-refractivity contribution in [1.29, 1.82) is 0 Å². The smallest absolute Gasteiger partial charge is 0.191 e. The molecule has 0 aliphatic carbocycles. The first kappa shape index (κ1) is 16.6. The molecule has 0 atom stereocenters. The summed E-state index contributed by atoms with van der Waals surface area (Å²) in [5.74, 6) is 2.62. The van der Waals surface area contributed by atoms with Crippen LogP contribution in [0.25, 0.3) is 0 Å². The summed E-state index contributed by atoms with van der Waals surface area (Å²) in [6.45, 7) is 2.04. The van der Waals surface area contributed by atoms with Crippen LogP contribution < -0.4 is 10.1 Å². The van der Waals surface area contributed by atoms with Crippen molar-refractivity contribution in [3.8, 4) is 5.75 Å². The molecule has 24 heavy (non-hydrogen) atoms. The van der Waals surface area contributed by atoms with Gasteiger partial charge in [-0.15, -0.1) is 10.2 Å². The molecule has 0 aliphatic rings. The van der Waals surface area contributed by atoms with Crippen molar-refractivity contribution in [3.05, 3.63) is 60.3 Å². The molecule has 1 aromatic carbocycles. The van der Waals surface area contributed by atoms with E-state index in [1.54, 1.807) is 24.3 Å². The molecule has 7 heteroatoms. The van der Waals surface area contributed by atoms with Gasteiger partial charge in [0.25, 0.3) is 0 Å². The molecule has 3 rings (SSSR count). The van der Waals surface area contributed by atoms with Gasteiger partial charge >= 0.3 is 0 Å². The maximum atomic E-state index is 5.68.